The van der Waals surface area contributed by atoms with Gasteiger partial charge in [-0.2, -0.15) is 0 Å². The molecule has 0 bridgehead atoms. The third-order valence-electron chi connectivity index (χ3n) is 4.93. The number of carbonyl (C=O) groups is 1. The van der Waals surface area contributed by atoms with Crippen molar-refractivity contribution in [2.45, 2.75) is 20.1 Å². The topological polar surface area (TPSA) is 57.0 Å². The highest BCUT2D eigenvalue weighted by atomic mass is 16.5. The van der Waals surface area contributed by atoms with Crippen LogP contribution in [0.3, 0.4) is 0 Å². The number of nitrogens with zero attached hydrogens (tertiary/aromatic N) is 3. The zero-order valence-corrected chi connectivity index (χ0v) is 17.3. The van der Waals surface area contributed by atoms with Crippen LogP contribution in [-0.4, -0.2) is 20.8 Å². The number of ketones is 1. The highest BCUT2D eigenvalue weighted by Crippen LogP contribution is 2.15. The molecule has 4 rings (SSSR count). The summed E-state index contributed by atoms with van der Waals surface area (Å²) in [6.07, 6.45) is 5.28. The number of ether oxygens (including phenoxy) is 1. The second-order valence-corrected chi connectivity index (χ2v) is 7.26. The predicted octanol–water partition coefficient (Wildman–Crippen LogP) is 5.11. The maximum absolute atomic E-state index is 12.3. The van der Waals surface area contributed by atoms with E-state index >= 15 is 0 Å². The van der Waals surface area contributed by atoms with E-state index in [0.29, 0.717) is 24.5 Å². The largest absolute Gasteiger partial charge is 0.487 e. The van der Waals surface area contributed by atoms with Gasteiger partial charge in [0, 0.05) is 5.56 Å². The predicted molar refractivity (Wildman–Crippen MR) is 121 cm³/mol. The summed E-state index contributed by atoms with van der Waals surface area (Å²) in [5.41, 5.74) is 4.79. The first kappa shape index (κ1) is 20.3. The summed E-state index contributed by atoms with van der Waals surface area (Å²) in [4.78, 5) is 12.3. The molecular formula is C26H23N3O2. The molecule has 0 fully saturated rings. The molecule has 5 nitrogen and oxygen atoms in total. The van der Waals surface area contributed by atoms with Gasteiger partial charge in [0.05, 0.1) is 12.7 Å². The van der Waals surface area contributed by atoms with Gasteiger partial charge in [-0.1, -0.05) is 65.9 Å². The fourth-order valence-electron chi connectivity index (χ4n) is 3.15. The van der Waals surface area contributed by atoms with Crippen molar-refractivity contribution >= 4 is 11.9 Å². The first-order valence-electron chi connectivity index (χ1n) is 10.1. The van der Waals surface area contributed by atoms with Gasteiger partial charge >= 0.3 is 0 Å². The number of rotatable bonds is 8. The average Bonchev–Trinajstić information content (AvgIpc) is 3.26. The molecule has 0 aliphatic carbocycles. The Morgan fingerprint density at radius 3 is 2.48 bits per heavy atom. The van der Waals surface area contributed by atoms with Crippen molar-refractivity contribution in [2.24, 2.45) is 0 Å². The molecule has 1 heterocycles. The summed E-state index contributed by atoms with van der Waals surface area (Å²) in [6.45, 7) is 3.07. The minimum Gasteiger partial charge on any atom is -0.487 e. The molecule has 0 saturated heterocycles. The highest BCUT2D eigenvalue weighted by Gasteiger charge is 2.06. The zero-order chi connectivity index (χ0) is 21.5. The van der Waals surface area contributed by atoms with Crippen molar-refractivity contribution in [1.29, 1.82) is 0 Å². The van der Waals surface area contributed by atoms with E-state index in [0.717, 1.165) is 11.3 Å². The SMILES string of the molecule is Cc1ccccc1Cn1cc(COc2ccc(C(=O)/C=C/c3ccccc3)cc2)nn1. The molecule has 31 heavy (non-hydrogen) atoms. The quantitative estimate of drug-likeness (QED) is 0.300. The van der Waals surface area contributed by atoms with E-state index in [1.165, 1.54) is 11.1 Å². The van der Waals surface area contributed by atoms with Gasteiger partial charge in [0.2, 0.25) is 0 Å². The van der Waals surface area contributed by atoms with E-state index in [9.17, 15) is 4.79 Å². The second-order valence-electron chi connectivity index (χ2n) is 7.26. The molecule has 0 aliphatic heterocycles. The highest BCUT2D eigenvalue weighted by molar-refractivity contribution is 6.06. The summed E-state index contributed by atoms with van der Waals surface area (Å²) < 4.78 is 7.61. The first-order chi connectivity index (χ1) is 15.2. The zero-order valence-electron chi connectivity index (χ0n) is 17.3. The fraction of sp³-hybridized carbons (Fsp3) is 0.115. The summed E-state index contributed by atoms with van der Waals surface area (Å²) in [6, 6.07) is 25.1. The van der Waals surface area contributed by atoms with E-state index in [4.69, 9.17) is 4.74 Å². The van der Waals surface area contributed by atoms with E-state index < -0.39 is 0 Å². The van der Waals surface area contributed by atoms with Gasteiger partial charge < -0.3 is 4.74 Å². The van der Waals surface area contributed by atoms with E-state index in [2.05, 4.69) is 29.4 Å². The van der Waals surface area contributed by atoms with Gasteiger partial charge in [-0.15, -0.1) is 5.10 Å². The van der Waals surface area contributed by atoms with Crippen LogP contribution in [-0.2, 0) is 13.2 Å². The van der Waals surface area contributed by atoms with Crippen molar-refractivity contribution in [3.63, 3.8) is 0 Å². The summed E-state index contributed by atoms with van der Waals surface area (Å²) in [5, 5.41) is 8.36. The Bertz CT molecular complexity index is 1180. The van der Waals surface area contributed by atoms with Crippen LogP contribution in [0.2, 0.25) is 0 Å². The maximum atomic E-state index is 12.3. The number of allylic oxidation sites excluding steroid dienone is 1. The normalized spacial score (nSPS) is 11.0. The number of benzene rings is 3. The third kappa shape index (κ3) is 5.54. The Hall–Kier alpha value is -3.99. The Kier molecular flexibility index (Phi) is 6.33. The standard InChI is InChI=1S/C26H23N3O2/c1-20-7-5-6-10-23(20)17-29-18-24(27-28-29)19-31-25-14-12-22(13-15-25)26(30)16-11-21-8-3-2-4-9-21/h2-16,18H,17,19H2,1H3/b16-11+. The van der Waals surface area contributed by atoms with Crippen molar-refractivity contribution in [2.75, 3.05) is 0 Å². The van der Waals surface area contributed by atoms with Crippen LogP contribution in [0.15, 0.2) is 91.1 Å². The van der Waals surface area contributed by atoms with E-state index in [1.807, 2.05) is 59.4 Å². The summed E-state index contributed by atoms with van der Waals surface area (Å²) >= 11 is 0. The van der Waals surface area contributed by atoms with Crippen molar-refractivity contribution in [3.05, 3.63) is 119 Å². The molecule has 0 atom stereocenters. The molecule has 5 heteroatoms. The molecule has 1 aromatic heterocycles. The molecule has 0 aliphatic rings. The second kappa shape index (κ2) is 9.67. The van der Waals surface area contributed by atoms with Crippen molar-refractivity contribution in [1.82, 2.24) is 15.0 Å². The number of hydrogen-bond acceptors (Lipinski definition) is 4. The van der Waals surface area contributed by atoms with Crippen molar-refractivity contribution < 1.29 is 9.53 Å². The molecule has 0 spiro atoms. The van der Waals surface area contributed by atoms with Crippen LogP contribution >= 0.6 is 0 Å². The number of aryl methyl sites for hydroxylation is 1. The monoisotopic (exact) mass is 409 g/mol. The molecule has 0 saturated carbocycles. The number of hydrogen-bond donors (Lipinski definition) is 0. The van der Waals surface area contributed by atoms with Gasteiger partial charge in [0.1, 0.15) is 18.1 Å². The molecule has 0 amide bonds. The minimum absolute atomic E-state index is 0.0467. The van der Waals surface area contributed by atoms with Crippen LogP contribution < -0.4 is 4.74 Å². The van der Waals surface area contributed by atoms with Gasteiger partial charge in [-0.25, -0.2) is 4.68 Å². The molecule has 3 aromatic carbocycles. The molecule has 154 valence electrons. The summed E-state index contributed by atoms with van der Waals surface area (Å²) in [5.74, 6) is 0.631. The first-order valence-corrected chi connectivity index (χ1v) is 10.1. The van der Waals surface area contributed by atoms with Crippen LogP contribution in [0, 0.1) is 6.92 Å². The molecule has 4 aromatic rings. The van der Waals surface area contributed by atoms with E-state index in [1.54, 1.807) is 30.3 Å². The lowest BCUT2D eigenvalue weighted by atomic mass is 10.1. The van der Waals surface area contributed by atoms with Crippen molar-refractivity contribution in [3.8, 4) is 5.75 Å². The van der Waals surface area contributed by atoms with Gasteiger partial charge in [0.25, 0.3) is 0 Å². The molecule has 0 radical (unpaired) electrons. The van der Waals surface area contributed by atoms with Crippen LogP contribution in [0.1, 0.15) is 32.7 Å². The minimum atomic E-state index is -0.0467. The Morgan fingerprint density at radius 1 is 0.968 bits per heavy atom. The third-order valence-corrected chi connectivity index (χ3v) is 4.93. The van der Waals surface area contributed by atoms with Crippen LogP contribution in [0.5, 0.6) is 5.75 Å². The summed E-state index contributed by atoms with van der Waals surface area (Å²) in [7, 11) is 0. The molecule has 0 N–H and O–H groups in total. The van der Waals surface area contributed by atoms with Crippen LogP contribution in [0.25, 0.3) is 6.08 Å². The lowest BCUT2D eigenvalue weighted by Crippen LogP contribution is -2.02. The number of carbonyl (C=O) groups excluding carboxylic acids is 1. The lowest BCUT2D eigenvalue weighted by Gasteiger charge is -2.05. The van der Waals surface area contributed by atoms with Gasteiger partial charge in [-0.3, -0.25) is 4.79 Å². The van der Waals surface area contributed by atoms with Crippen LogP contribution in [0.4, 0.5) is 0 Å². The maximum Gasteiger partial charge on any atom is 0.185 e. The molecule has 0 unspecified atom stereocenters. The molecular weight excluding hydrogens is 386 g/mol. The Morgan fingerprint density at radius 2 is 1.71 bits per heavy atom. The van der Waals surface area contributed by atoms with Gasteiger partial charge in [-0.05, 0) is 54.0 Å². The van der Waals surface area contributed by atoms with Gasteiger partial charge in [0.15, 0.2) is 5.78 Å². The average molecular weight is 409 g/mol. The van der Waals surface area contributed by atoms with E-state index in [-0.39, 0.29) is 5.78 Å². The Labute approximate surface area is 181 Å². The fourth-order valence-corrected chi connectivity index (χ4v) is 3.15. The Balaban J connectivity index is 1.31. The smallest absolute Gasteiger partial charge is 0.185 e. The number of aromatic nitrogens is 3. The lowest BCUT2D eigenvalue weighted by molar-refractivity contribution is 0.104.